The van der Waals surface area contributed by atoms with Crippen LogP contribution in [0.2, 0.25) is 0 Å². The molecule has 2 atom stereocenters. The van der Waals surface area contributed by atoms with Gasteiger partial charge in [-0.3, -0.25) is 0 Å². The van der Waals surface area contributed by atoms with E-state index in [-0.39, 0.29) is 6.04 Å². The molecule has 0 bridgehead atoms. The first kappa shape index (κ1) is 13.1. The molecule has 0 saturated heterocycles. The van der Waals surface area contributed by atoms with Crippen LogP contribution >= 0.6 is 0 Å². The molecular formula is C13H19F2N. The lowest BCUT2D eigenvalue weighted by Crippen LogP contribution is -2.29. The Hall–Kier alpha value is -0.960. The average molecular weight is 227 g/mol. The summed E-state index contributed by atoms with van der Waals surface area (Å²) in [6, 6.07) is 4.44. The van der Waals surface area contributed by atoms with Gasteiger partial charge in [0.1, 0.15) is 0 Å². The van der Waals surface area contributed by atoms with Gasteiger partial charge >= 0.3 is 0 Å². The van der Waals surface area contributed by atoms with Crippen molar-refractivity contribution in [1.29, 1.82) is 0 Å². The predicted octanol–water partition coefficient (Wildman–Crippen LogP) is 3.80. The SMILES string of the molecule is CCCC(C)NC(C)c1cccc(F)c1F. The third-order valence-electron chi connectivity index (χ3n) is 2.70. The molecule has 0 radical (unpaired) electrons. The fraction of sp³-hybridized carbons (Fsp3) is 0.538. The minimum atomic E-state index is -0.783. The molecule has 1 rings (SSSR count). The highest BCUT2D eigenvalue weighted by Gasteiger charge is 2.15. The summed E-state index contributed by atoms with van der Waals surface area (Å²) in [7, 11) is 0. The van der Waals surface area contributed by atoms with Gasteiger partial charge in [-0.1, -0.05) is 25.5 Å². The number of hydrogen-bond acceptors (Lipinski definition) is 1. The second-order valence-electron chi connectivity index (χ2n) is 4.22. The van der Waals surface area contributed by atoms with Crippen LogP contribution in [0.4, 0.5) is 8.78 Å². The third kappa shape index (κ3) is 3.27. The van der Waals surface area contributed by atoms with E-state index in [1.165, 1.54) is 6.07 Å². The quantitative estimate of drug-likeness (QED) is 0.806. The van der Waals surface area contributed by atoms with E-state index in [0.717, 1.165) is 18.9 Å². The Labute approximate surface area is 95.9 Å². The second kappa shape index (κ2) is 5.94. The normalized spacial score (nSPS) is 14.8. The summed E-state index contributed by atoms with van der Waals surface area (Å²) >= 11 is 0. The Morgan fingerprint density at radius 3 is 2.56 bits per heavy atom. The van der Waals surface area contributed by atoms with Crippen molar-refractivity contribution in [3.63, 3.8) is 0 Å². The highest BCUT2D eigenvalue weighted by molar-refractivity contribution is 5.22. The van der Waals surface area contributed by atoms with Gasteiger partial charge in [0.25, 0.3) is 0 Å². The van der Waals surface area contributed by atoms with Crippen molar-refractivity contribution in [3.8, 4) is 0 Å². The molecule has 2 unspecified atom stereocenters. The number of hydrogen-bond donors (Lipinski definition) is 1. The van der Waals surface area contributed by atoms with Crippen LogP contribution in [0.5, 0.6) is 0 Å². The van der Waals surface area contributed by atoms with Crippen LogP contribution < -0.4 is 5.32 Å². The maximum absolute atomic E-state index is 13.5. The van der Waals surface area contributed by atoms with Gasteiger partial charge in [-0.05, 0) is 26.3 Å². The molecule has 1 aromatic carbocycles. The van der Waals surface area contributed by atoms with E-state index in [9.17, 15) is 8.78 Å². The molecule has 0 aliphatic rings. The van der Waals surface area contributed by atoms with Gasteiger partial charge in [0.2, 0.25) is 0 Å². The third-order valence-corrected chi connectivity index (χ3v) is 2.70. The average Bonchev–Trinajstić information content (AvgIpc) is 2.22. The molecule has 90 valence electrons. The number of nitrogens with one attached hydrogen (secondary N) is 1. The fourth-order valence-electron chi connectivity index (χ4n) is 1.89. The summed E-state index contributed by atoms with van der Waals surface area (Å²) in [4.78, 5) is 0. The van der Waals surface area contributed by atoms with Crippen LogP contribution in [0, 0.1) is 11.6 Å². The van der Waals surface area contributed by atoms with E-state index in [2.05, 4.69) is 19.2 Å². The van der Waals surface area contributed by atoms with Crippen LogP contribution in [-0.2, 0) is 0 Å². The first-order valence-electron chi connectivity index (χ1n) is 5.76. The maximum Gasteiger partial charge on any atom is 0.163 e. The molecule has 0 amide bonds. The minimum Gasteiger partial charge on any atom is -0.308 e. The summed E-state index contributed by atoms with van der Waals surface area (Å²) in [6.07, 6.45) is 2.10. The Kier molecular flexibility index (Phi) is 4.87. The van der Waals surface area contributed by atoms with Crippen LogP contribution in [-0.4, -0.2) is 6.04 Å². The van der Waals surface area contributed by atoms with Crippen molar-refractivity contribution in [2.45, 2.75) is 45.7 Å². The van der Waals surface area contributed by atoms with Crippen LogP contribution in [0.3, 0.4) is 0 Å². The van der Waals surface area contributed by atoms with Crippen molar-refractivity contribution < 1.29 is 8.78 Å². The van der Waals surface area contributed by atoms with Gasteiger partial charge in [-0.25, -0.2) is 8.78 Å². The molecule has 0 heterocycles. The van der Waals surface area contributed by atoms with E-state index in [1.54, 1.807) is 6.07 Å². The van der Waals surface area contributed by atoms with Gasteiger partial charge in [0.05, 0.1) is 0 Å². The summed E-state index contributed by atoms with van der Waals surface area (Å²) in [5.74, 6) is -1.53. The second-order valence-corrected chi connectivity index (χ2v) is 4.22. The monoisotopic (exact) mass is 227 g/mol. The first-order valence-corrected chi connectivity index (χ1v) is 5.76. The van der Waals surface area contributed by atoms with Gasteiger partial charge < -0.3 is 5.32 Å². The van der Waals surface area contributed by atoms with Crippen molar-refractivity contribution in [1.82, 2.24) is 5.32 Å². The summed E-state index contributed by atoms with van der Waals surface area (Å²) in [5, 5.41) is 3.26. The van der Waals surface area contributed by atoms with E-state index < -0.39 is 11.6 Å². The smallest absolute Gasteiger partial charge is 0.163 e. The van der Waals surface area contributed by atoms with E-state index in [1.807, 2.05) is 6.92 Å². The highest BCUT2D eigenvalue weighted by atomic mass is 19.2. The minimum absolute atomic E-state index is 0.169. The number of halogens is 2. The van der Waals surface area contributed by atoms with Crippen LogP contribution in [0.15, 0.2) is 18.2 Å². The topological polar surface area (TPSA) is 12.0 Å². The van der Waals surface area contributed by atoms with E-state index in [4.69, 9.17) is 0 Å². The van der Waals surface area contributed by atoms with Crippen molar-refractivity contribution in [3.05, 3.63) is 35.4 Å². The highest BCUT2D eigenvalue weighted by Crippen LogP contribution is 2.19. The molecule has 0 fully saturated rings. The predicted molar refractivity (Wildman–Crippen MR) is 62.3 cm³/mol. The Morgan fingerprint density at radius 1 is 1.25 bits per heavy atom. The van der Waals surface area contributed by atoms with Crippen molar-refractivity contribution in [2.24, 2.45) is 0 Å². The molecule has 0 saturated carbocycles. The zero-order chi connectivity index (χ0) is 12.1. The van der Waals surface area contributed by atoms with Crippen molar-refractivity contribution in [2.75, 3.05) is 0 Å². The molecular weight excluding hydrogens is 208 g/mol. The maximum atomic E-state index is 13.5. The molecule has 0 aliphatic carbocycles. The molecule has 1 aromatic rings. The molecule has 1 nitrogen and oxygen atoms in total. The van der Waals surface area contributed by atoms with Crippen molar-refractivity contribution >= 4 is 0 Å². The summed E-state index contributed by atoms with van der Waals surface area (Å²) < 4.78 is 26.5. The standard InChI is InChI=1S/C13H19F2N/c1-4-6-9(2)16-10(3)11-7-5-8-12(14)13(11)15/h5,7-10,16H,4,6H2,1-3H3. The molecule has 3 heteroatoms. The first-order chi connectivity index (χ1) is 7.56. The fourth-order valence-corrected chi connectivity index (χ4v) is 1.89. The van der Waals surface area contributed by atoms with E-state index >= 15 is 0 Å². The zero-order valence-corrected chi connectivity index (χ0v) is 10.1. The lowest BCUT2D eigenvalue weighted by Gasteiger charge is -2.20. The molecule has 0 aliphatic heterocycles. The molecule has 0 aromatic heterocycles. The summed E-state index contributed by atoms with van der Waals surface area (Å²) in [6.45, 7) is 6.01. The van der Waals surface area contributed by atoms with E-state index in [0.29, 0.717) is 11.6 Å². The molecule has 1 N–H and O–H groups in total. The van der Waals surface area contributed by atoms with Crippen LogP contribution in [0.25, 0.3) is 0 Å². The Morgan fingerprint density at radius 2 is 1.94 bits per heavy atom. The number of benzene rings is 1. The van der Waals surface area contributed by atoms with Gasteiger partial charge in [0.15, 0.2) is 11.6 Å². The van der Waals surface area contributed by atoms with Gasteiger partial charge in [0, 0.05) is 17.6 Å². The molecule has 16 heavy (non-hydrogen) atoms. The molecule has 0 spiro atoms. The Bertz CT molecular complexity index is 339. The lowest BCUT2D eigenvalue weighted by molar-refractivity contribution is 0.427. The van der Waals surface area contributed by atoms with Crippen LogP contribution in [0.1, 0.15) is 45.2 Å². The number of rotatable bonds is 5. The zero-order valence-electron chi connectivity index (χ0n) is 10.1. The lowest BCUT2D eigenvalue weighted by atomic mass is 10.1. The Balaban J connectivity index is 2.72. The van der Waals surface area contributed by atoms with Gasteiger partial charge in [-0.2, -0.15) is 0 Å². The summed E-state index contributed by atoms with van der Waals surface area (Å²) in [5.41, 5.74) is 0.392. The largest absolute Gasteiger partial charge is 0.308 e. The van der Waals surface area contributed by atoms with Gasteiger partial charge in [-0.15, -0.1) is 0 Å².